The van der Waals surface area contributed by atoms with Crippen LogP contribution in [0.25, 0.3) is 0 Å². The number of amides is 2. The molecule has 1 aliphatic rings. The minimum Gasteiger partial charge on any atom is -0.398 e. The number of para-hydroxylation sites is 1. The van der Waals surface area contributed by atoms with E-state index < -0.39 is 0 Å². The number of anilines is 1. The van der Waals surface area contributed by atoms with E-state index in [4.69, 9.17) is 5.73 Å². The number of carbonyl (C=O) groups is 1. The molecule has 21 heavy (non-hydrogen) atoms. The molecule has 0 radical (unpaired) electrons. The lowest BCUT2D eigenvalue weighted by molar-refractivity contribution is 0.117. The van der Waals surface area contributed by atoms with Gasteiger partial charge in [0.25, 0.3) is 0 Å². The standard InChI is InChI=1S/C17H27N3O/c1-13(2)20(12-15-8-4-5-9-16(15)18)17(21)19-10-6-7-14(3)11-19/h4-5,8-9,13-14H,6-7,10-12,18H2,1-3H3. The number of carbonyl (C=O) groups excluding carboxylic acids is 1. The number of nitrogen functional groups attached to an aromatic ring is 1. The van der Waals surface area contributed by atoms with Gasteiger partial charge in [-0.1, -0.05) is 25.1 Å². The van der Waals surface area contributed by atoms with E-state index in [1.165, 1.54) is 6.42 Å². The third-order valence-corrected chi connectivity index (χ3v) is 4.19. The fourth-order valence-electron chi connectivity index (χ4n) is 2.88. The normalized spacial score (nSPS) is 18.9. The Balaban J connectivity index is 2.11. The molecule has 0 bridgehead atoms. The lowest BCUT2D eigenvalue weighted by Crippen LogP contribution is -2.49. The van der Waals surface area contributed by atoms with Gasteiger partial charge in [0.05, 0.1) is 0 Å². The van der Waals surface area contributed by atoms with Gasteiger partial charge >= 0.3 is 6.03 Å². The van der Waals surface area contributed by atoms with Crippen LogP contribution in [0.5, 0.6) is 0 Å². The van der Waals surface area contributed by atoms with Crippen molar-refractivity contribution in [3.63, 3.8) is 0 Å². The van der Waals surface area contributed by atoms with Crippen LogP contribution >= 0.6 is 0 Å². The Bertz CT molecular complexity index is 487. The topological polar surface area (TPSA) is 49.6 Å². The largest absolute Gasteiger partial charge is 0.398 e. The van der Waals surface area contributed by atoms with Gasteiger partial charge in [0.1, 0.15) is 0 Å². The van der Waals surface area contributed by atoms with E-state index in [9.17, 15) is 4.79 Å². The van der Waals surface area contributed by atoms with Gasteiger partial charge in [-0.05, 0) is 44.2 Å². The number of urea groups is 1. The number of benzene rings is 1. The van der Waals surface area contributed by atoms with Crippen molar-refractivity contribution in [2.75, 3.05) is 18.8 Å². The highest BCUT2D eigenvalue weighted by molar-refractivity contribution is 5.75. The van der Waals surface area contributed by atoms with Crippen LogP contribution in [0, 0.1) is 5.92 Å². The molecule has 0 saturated carbocycles. The van der Waals surface area contributed by atoms with Crippen molar-refractivity contribution in [3.8, 4) is 0 Å². The van der Waals surface area contributed by atoms with Crippen LogP contribution in [0.1, 0.15) is 39.2 Å². The number of hydrogen-bond donors (Lipinski definition) is 1. The molecule has 2 rings (SSSR count). The number of piperidine rings is 1. The minimum absolute atomic E-state index is 0.139. The fourth-order valence-corrected chi connectivity index (χ4v) is 2.88. The van der Waals surface area contributed by atoms with Crippen LogP contribution in [0.4, 0.5) is 10.5 Å². The summed E-state index contributed by atoms with van der Waals surface area (Å²) in [5, 5.41) is 0. The van der Waals surface area contributed by atoms with Crippen molar-refractivity contribution in [2.45, 2.75) is 46.2 Å². The summed E-state index contributed by atoms with van der Waals surface area (Å²) in [5.41, 5.74) is 7.79. The molecule has 4 heteroatoms. The van der Waals surface area contributed by atoms with Gasteiger partial charge in [-0.25, -0.2) is 4.79 Å². The second-order valence-electron chi connectivity index (χ2n) is 6.40. The molecule has 1 unspecified atom stereocenters. The molecule has 1 aromatic rings. The van der Waals surface area contributed by atoms with Crippen LogP contribution in [0.2, 0.25) is 0 Å². The van der Waals surface area contributed by atoms with Gasteiger partial charge in [-0.15, -0.1) is 0 Å². The van der Waals surface area contributed by atoms with Crippen LogP contribution in [-0.2, 0) is 6.54 Å². The Morgan fingerprint density at radius 2 is 2.14 bits per heavy atom. The summed E-state index contributed by atoms with van der Waals surface area (Å²) in [6, 6.07) is 8.08. The second kappa shape index (κ2) is 6.83. The summed E-state index contributed by atoms with van der Waals surface area (Å²) < 4.78 is 0. The van der Waals surface area contributed by atoms with E-state index in [0.29, 0.717) is 12.5 Å². The second-order valence-corrected chi connectivity index (χ2v) is 6.40. The highest BCUT2D eigenvalue weighted by Gasteiger charge is 2.27. The summed E-state index contributed by atoms with van der Waals surface area (Å²) in [4.78, 5) is 16.7. The van der Waals surface area contributed by atoms with Gasteiger partial charge in [-0.3, -0.25) is 0 Å². The van der Waals surface area contributed by atoms with Gasteiger partial charge in [0, 0.05) is 31.4 Å². The van der Waals surface area contributed by atoms with Crippen molar-refractivity contribution in [2.24, 2.45) is 5.92 Å². The van der Waals surface area contributed by atoms with Crippen molar-refractivity contribution >= 4 is 11.7 Å². The molecular formula is C17H27N3O. The zero-order chi connectivity index (χ0) is 15.4. The third kappa shape index (κ3) is 3.90. The van der Waals surface area contributed by atoms with E-state index in [1.54, 1.807) is 0 Å². The molecule has 4 nitrogen and oxygen atoms in total. The van der Waals surface area contributed by atoms with Gasteiger partial charge in [0.15, 0.2) is 0 Å². The van der Waals surface area contributed by atoms with Crippen LogP contribution in [-0.4, -0.2) is 35.0 Å². The Kier molecular flexibility index (Phi) is 5.10. The molecular weight excluding hydrogens is 262 g/mol. The molecule has 1 atom stereocenters. The minimum atomic E-state index is 0.139. The molecule has 1 fully saturated rings. The molecule has 1 aromatic carbocycles. The summed E-state index contributed by atoms with van der Waals surface area (Å²) in [7, 11) is 0. The molecule has 2 amide bonds. The molecule has 2 N–H and O–H groups in total. The summed E-state index contributed by atoms with van der Waals surface area (Å²) in [6.45, 7) is 8.65. The van der Waals surface area contributed by atoms with Crippen molar-refractivity contribution in [1.29, 1.82) is 0 Å². The first-order valence-corrected chi connectivity index (χ1v) is 7.88. The molecule has 116 valence electrons. The highest BCUT2D eigenvalue weighted by Crippen LogP contribution is 2.20. The van der Waals surface area contributed by atoms with Crippen LogP contribution in [0.3, 0.4) is 0 Å². The first-order chi connectivity index (χ1) is 9.99. The summed E-state index contributed by atoms with van der Waals surface area (Å²) >= 11 is 0. The van der Waals surface area contributed by atoms with Crippen molar-refractivity contribution in [1.82, 2.24) is 9.80 Å². The zero-order valence-electron chi connectivity index (χ0n) is 13.4. The maximum Gasteiger partial charge on any atom is 0.320 e. The fraction of sp³-hybridized carbons (Fsp3) is 0.588. The predicted molar refractivity (Wildman–Crippen MR) is 86.9 cm³/mol. The first-order valence-electron chi connectivity index (χ1n) is 7.88. The Labute approximate surface area is 127 Å². The summed E-state index contributed by atoms with van der Waals surface area (Å²) in [5.74, 6) is 0.596. The summed E-state index contributed by atoms with van der Waals surface area (Å²) in [6.07, 6.45) is 2.32. The predicted octanol–water partition coefficient (Wildman–Crippen LogP) is 3.33. The first kappa shape index (κ1) is 15.7. The Morgan fingerprint density at radius 3 is 2.76 bits per heavy atom. The monoisotopic (exact) mass is 289 g/mol. The smallest absolute Gasteiger partial charge is 0.320 e. The SMILES string of the molecule is CC1CCCN(C(=O)N(Cc2ccccc2N)C(C)C)C1. The maximum atomic E-state index is 12.8. The maximum absolute atomic E-state index is 12.8. The third-order valence-electron chi connectivity index (χ3n) is 4.19. The lowest BCUT2D eigenvalue weighted by atomic mass is 10.0. The quantitative estimate of drug-likeness (QED) is 0.868. The Morgan fingerprint density at radius 1 is 1.43 bits per heavy atom. The molecule has 0 spiro atoms. The van der Waals surface area contributed by atoms with E-state index >= 15 is 0 Å². The van der Waals surface area contributed by atoms with E-state index in [1.807, 2.05) is 34.1 Å². The van der Waals surface area contributed by atoms with E-state index in [2.05, 4.69) is 20.8 Å². The number of nitrogens with two attached hydrogens (primary N) is 1. The number of likely N-dealkylation sites (tertiary alicyclic amines) is 1. The number of hydrogen-bond acceptors (Lipinski definition) is 2. The molecule has 1 saturated heterocycles. The van der Waals surface area contributed by atoms with E-state index in [0.717, 1.165) is 30.8 Å². The molecule has 0 aromatic heterocycles. The van der Waals surface area contributed by atoms with Gasteiger partial charge in [0.2, 0.25) is 0 Å². The lowest BCUT2D eigenvalue weighted by Gasteiger charge is -2.37. The van der Waals surface area contributed by atoms with Gasteiger partial charge in [-0.2, -0.15) is 0 Å². The Hall–Kier alpha value is -1.71. The van der Waals surface area contributed by atoms with Crippen molar-refractivity contribution < 1.29 is 4.79 Å². The molecule has 0 aliphatic carbocycles. The number of rotatable bonds is 3. The molecule has 1 heterocycles. The average Bonchev–Trinajstić information content (AvgIpc) is 2.45. The van der Waals surface area contributed by atoms with Crippen LogP contribution in [0.15, 0.2) is 24.3 Å². The zero-order valence-corrected chi connectivity index (χ0v) is 13.4. The van der Waals surface area contributed by atoms with Gasteiger partial charge < -0.3 is 15.5 Å². The van der Waals surface area contributed by atoms with Crippen LogP contribution < -0.4 is 5.73 Å². The highest BCUT2D eigenvalue weighted by atomic mass is 16.2. The van der Waals surface area contributed by atoms with Crippen molar-refractivity contribution in [3.05, 3.63) is 29.8 Å². The number of nitrogens with zero attached hydrogens (tertiary/aromatic N) is 2. The van der Waals surface area contributed by atoms with E-state index in [-0.39, 0.29) is 12.1 Å². The molecule has 1 aliphatic heterocycles. The average molecular weight is 289 g/mol.